The highest BCUT2D eigenvalue weighted by molar-refractivity contribution is 9.10. The second kappa shape index (κ2) is 7.61. The molecule has 0 unspecified atom stereocenters. The Morgan fingerprint density at radius 2 is 1.88 bits per heavy atom. The van der Waals surface area contributed by atoms with E-state index < -0.39 is 11.8 Å². The van der Waals surface area contributed by atoms with E-state index in [1.165, 1.54) is 18.2 Å². The van der Waals surface area contributed by atoms with Crippen LogP contribution in [-0.4, -0.2) is 30.0 Å². The number of esters is 1. The lowest BCUT2D eigenvalue weighted by Gasteiger charge is -2.09. The molecule has 5 nitrogen and oxygen atoms in total. The Morgan fingerprint density at radius 3 is 2.50 bits per heavy atom. The van der Waals surface area contributed by atoms with Crippen molar-refractivity contribution in [2.24, 2.45) is 0 Å². The van der Waals surface area contributed by atoms with Gasteiger partial charge in [-0.05, 0) is 54.9 Å². The van der Waals surface area contributed by atoms with Crippen molar-refractivity contribution in [3.05, 3.63) is 51.0 Å². The van der Waals surface area contributed by atoms with Gasteiger partial charge in [0.1, 0.15) is 11.6 Å². The highest BCUT2D eigenvalue weighted by Gasteiger charge is 2.25. The molecule has 1 aromatic heterocycles. The maximum absolute atomic E-state index is 13.1. The van der Waals surface area contributed by atoms with Gasteiger partial charge in [-0.15, -0.1) is 0 Å². The van der Waals surface area contributed by atoms with Crippen LogP contribution >= 0.6 is 15.9 Å². The van der Waals surface area contributed by atoms with E-state index in [1.54, 1.807) is 20.8 Å². The molecule has 1 N–H and O–H groups in total. The predicted octanol–water partition coefficient (Wildman–Crippen LogP) is 3.97. The fourth-order valence-corrected chi connectivity index (χ4v) is 2.86. The van der Waals surface area contributed by atoms with E-state index in [-0.39, 0.29) is 30.1 Å². The van der Waals surface area contributed by atoms with Crippen LogP contribution < -0.4 is 4.74 Å². The normalized spacial score (nSPS) is 10.5. The van der Waals surface area contributed by atoms with Gasteiger partial charge in [-0.2, -0.15) is 0 Å². The van der Waals surface area contributed by atoms with Crippen LogP contribution in [-0.2, 0) is 4.74 Å². The van der Waals surface area contributed by atoms with E-state index in [1.807, 2.05) is 0 Å². The smallest absolute Gasteiger partial charge is 0.340 e. The van der Waals surface area contributed by atoms with E-state index in [4.69, 9.17) is 9.47 Å². The highest BCUT2D eigenvalue weighted by atomic mass is 79.9. The fourth-order valence-electron chi connectivity index (χ4n) is 2.40. The Morgan fingerprint density at radius 1 is 1.21 bits per heavy atom. The highest BCUT2D eigenvalue weighted by Crippen LogP contribution is 2.26. The molecule has 0 amide bonds. The number of ketones is 1. The summed E-state index contributed by atoms with van der Waals surface area (Å²) < 4.78 is 23.9. The van der Waals surface area contributed by atoms with Gasteiger partial charge in [-0.1, -0.05) is 0 Å². The topological polar surface area (TPSA) is 68.4 Å². The predicted molar refractivity (Wildman–Crippen MR) is 90.1 cm³/mol. The number of carbonyl (C=O) groups excluding carboxylic acids is 2. The molecule has 0 fully saturated rings. The molecule has 0 radical (unpaired) electrons. The maximum atomic E-state index is 13.1. The second-order valence-corrected chi connectivity index (χ2v) is 5.99. The van der Waals surface area contributed by atoms with Crippen LogP contribution in [0, 0.1) is 19.7 Å². The zero-order valence-corrected chi connectivity index (χ0v) is 15.1. The van der Waals surface area contributed by atoms with Gasteiger partial charge in [0, 0.05) is 11.4 Å². The Hall–Kier alpha value is -2.15. The minimum atomic E-state index is -0.550. The summed E-state index contributed by atoms with van der Waals surface area (Å²) >= 11 is 3.17. The molecule has 0 spiro atoms. The number of hydrogen-bond donors (Lipinski definition) is 1. The van der Waals surface area contributed by atoms with E-state index in [9.17, 15) is 14.0 Å². The van der Waals surface area contributed by atoms with Crippen LogP contribution in [0.25, 0.3) is 0 Å². The number of Topliss-reactive ketones (excluding diaryl/α,β-unsaturated/α-hetero) is 1. The maximum Gasteiger partial charge on any atom is 0.340 e. The van der Waals surface area contributed by atoms with E-state index in [2.05, 4.69) is 20.9 Å². The number of aryl methyl sites for hydroxylation is 2. The van der Waals surface area contributed by atoms with E-state index in [0.29, 0.717) is 21.6 Å². The van der Waals surface area contributed by atoms with Gasteiger partial charge < -0.3 is 14.5 Å². The van der Waals surface area contributed by atoms with Crippen molar-refractivity contribution in [2.45, 2.75) is 20.8 Å². The Bertz CT molecular complexity index is 785. The number of benzene rings is 1. The average Bonchev–Trinajstić information content (AvgIpc) is 2.80. The van der Waals surface area contributed by atoms with Gasteiger partial charge in [0.2, 0.25) is 5.78 Å². The zero-order valence-electron chi connectivity index (χ0n) is 13.5. The summed E-state index contributed by atoms with van der Waals surface area (Å²) in [6, 6.07) is 3.91. The summed E-state index contributed by atoms with van der Waals surface area (Å²) in [6.45, 7) is 5.04. The van der Waals surface area contributed by atoms with Crippen molar-refractivity contribution in [1.82, 2.24) is 4.98 Å². The molecular weight excluding hydrogens is 381 g/mol. The second-order valence-electron chi connectivity index (χ2n) is 5.13. The largest absolute Gasteiger partial charge is 0.484 e. The number of aromatic amines is 1. The van der Waals surface area contributed by atoms with Gasteiger partial charge in [0.15, 0.2) is 6.61 Å². The minimum absolute atomic E-state index is 0.217. The van der Waals surface area contributed by atoms with E-state index in [0.717, 1.165) is 0 Å². The molecule has 1 heterocycles. The number of rotatable bonds is 6. The van der Waals surface area contributed by atoms with Gasteiger partial charge >= 0.3 is 5.97 Å². The monoisotopic (exact) mass is 397 g/mol. The molecule has 0 saturated heterocycles. The molecule has 0 aliphatic carbocycles. The third kappa shape index (κ3) is 3.84. The standard InChI is InChI=1S/C17H17BrFNO4/c1-4-23-17(22)16-10(3)20-9(2)15(16)13(21)8-24-14-6-5-11(19)7-12(14)18/h5-7,20H,4,8H2,1-3H3. The third-order valence-corrected chi connectivity index (χ3v) is 4.01. The third-order valence-electron chi connectivity index (χ3n) is 3.39. The molecule has 0 saturated carbocycles. The molecule has 1 aromatic carbocycles. The van der Waals surface area contributed by atoms with Gasteiger partial charge in [0.25, 0.3) is 0 Å². The molecule has 2 rings (SSSR count). The molecule has 0 bridgehead atoms. The van der Waals surface area contributed by atoms with Crippen LogP contribution in [0.1, 0.15) is 39.0 Å². The summed E-state index contributed by atoms with van der Waals surface area (Å²) in [6.07, 6.45) is 0. The number of nitrogens with one attached hydrogen (secondary N) is 1. The van der Waals surface area contributed by atoms with Crippen molar-refractivity contribution in [3.63, 3.8) is 0 Å². The Kier molecular flexibility index (Phi) is 5.77. The molecule has 24 heavy (non-hydrogen) atoms. The molecule has 0 aliphatic rings. The van der Waals surface area contributed by atoms with Crippen molar-refractivity contribution in [1.29, 1.82) is 0 Å². The van der Waals surface area contributed by atoms with Crippen molar-refractivity contribution in [2.75, 3.05) is 13.2 Å². The summed E-state index contributed by atoms with van der Waals surface area (Å²) in [5.74, 6) is -0.989. The fraction of sp³-hybridized carbons (Fsp3) is 0.294. The first-order valence-electron chi connectivity index (χ1n) is 7.32. The molecule has 7 heteroatoms. The van der Waals surface area contributed by atoms with Gasteiger partial charge in [-0.25, -0.2) is 9.18 Å². The summed E-state index contributed by atoms with van der Waals surface area (Å²) in [5, 5.41) is 0. The molecule has 0 atom stereocenters. The van der Waals surface area contributed by atoms with E-state index >= 15 is 0 Å². The number of halogens is 2. The molecular formula is C17H17BrFNO4. The summed E-state index contributed by atoms with van der Waals surface area (Å²) in [7, 11) is 0. The first kappa shape index (κ1) is 18.2. The van der Waals surface area contributed by atoms with Crippen LogP contribution in [0.5, 0.6) is 5.75 Å². The summed E-state index contributed by atoms with van der Waals surface area (Å²) in [4.78, 5) is 27.6. The van der Waals surface area contributed by atoms with Gasteiger partial charge in [0.05, 0.1) is 22.2 Å². The van der Waals surface area contributed by atoms with Crippen LogP contribution in [0.3, 0.4) is 0 Å². The molecule has 128 valence electrons. The van der Waals surface area contributed by atoms with Crippen LogP contribution in [0.15, 0.2) is 22.7 Å². The first-order valence-corrected chi connectivity index (χ1v) is 8.11. The number of ether oxygens (including phenoxy) is 2. The summed E-state index contributed by atoms with van der Waals surface area (Å²) in [5.41, 5.74) is 1.62. The van der Waals surface area contributed by atoms with Crippen molar-refractivity contribution < 1.29 is 23.5 Å². The Balaban J connectivity index is 2.22. The van der Waals surface area contributed by atoms with Crippen molar-refractivity contribution in [3.8, 4) is 5.75 Å². The lowest BCUT2D eigenvalue weighted by Crippen LogP contribution is -2.17. The zero-order chi connectivity index (χ0) is 17.9. The minimum Gasteiger partial charge on any atom is -0.484 e. The lowest BCUT2D eigenvalue weighted by atomic mass is 10.1. The first-order chi connectivity index (χ1) is 11.3. The van der Waals surface area contributed by atoms with Crippen LogP contribution in [0.2, 0.25) is 0 Å². The number of H-pyrrole nitrogens is 1. The Labute approximate surface area is 147 Å². The average molecular weight is 398 g/mol. The van der Waals surface area contributed by atoms with Crippen LogP contribution in [0.4, 0.5) is 4.39 Å². The lowest BCUT2D eigenvalue weighted by molar-refractivity contribution is 0.0522. The SMILES string of the molecule is CCOC(=O)c1c(C)[nH]c(C)c1C(=O)COc1ccc(F)cc1Br. The number of carbonyl (C=O) groups is 2. The molecule has 2 aromatic rings. The number of hydrogen-bond acceptors (Lipinski definition) is 4. The quantitative estimate of drug-likeness (QED) is 0.591. The van der Waals surface area contributed by atoms with Gasteiger partial charge in [-0.3, -0.25) is 4.79 Å². The number of aromatic nitrogens is 1. The van der Waals surface area contributed by atoms with Crippen molar-refractivity contribution >= 4 is 27.7 Å². The molecule has 0 aliphatic heterocycles.